The summed E-state index contributed by atoms with van der Waals surface area (Å²) in [5, 5.41) is 0. The van der Waals surface area contributed by atoms with Crippen LogP contribution in [0, 0.1) is 39.9 Å². The first-order valence-corrected chi connectivity index (χ1v) is 20.8. The summed E-state index contributed by atoms with van der Waals surface area (Å²) in [6.07, 6.45) is 6.61. The molecule has 0 N–H and O–H groups in total. The van der Waals surface area contributed by atoms with Crippen molar-refractivity contribution in [2.24, 2.45) is 39.9 Å². The molecular weight excluding hydrogens is 488 g/mol. The SMILES string of the molecule is COC(=O)[C@H]1[C@H]2[C@@](C)(CCC[C@@]2(C)C(=O)OC)[C@@H]2CC[C@]3(O[Si](C)(C)C)C[C@]12CC3CO[Si](C)(C)C. The number of hydrogen-bond acceptors (Lipinski definition) is 6. The van der Waals surface area contributed by atoms with Crippen LogP contribution in [-0.2, 0) is 27.9 Å². The van der Waals surface area contributed by atoms with Gasteiger partial charge in [0, 0.05) is 12.5 Å². The lowest BCUT2D eigenvalue weighted by Gasteiger charge is -2.52. The van der Waals surface area contributed by atoms with Gasteiger partial charge in [-0.2, -0.15) is 0 Å². The van der Waals surface area contributed by atoms with Gasteiger partial charge in [0.05, 0.1) is 31.2 Å². The molecule has 0 aliphatic heterocycles. The van der Waals surface area contributed by atoms with Crippen LogP contribution in [0.25, 0.3) is 0 Å². The van der Waals surface area contributed by atoms with E-state index in [9.17, 15) is 9.59 Å². The normalized spacial score (nSPS) is 44.1. The van der Waals surface area contributed by atoms with Gasteiger partial charge in [-0.3, -0.25) is 9.59 Å². The molecule has 206 valence electrons. The summed E-state index contributed by atoms with van der Waals surface area (Å²) in [6, 6.07) is 0. The number of methoxy groups -OCH3 is 2. The molecule has 4 rings (SSSR count). The zero-order chi connectivity index (χ0) is 26.9. The fraction of sp³-hybridized carbons (Fsp3) is 0.929. The molecule has 0 aromatic rings. The van der Waals surface area contributed by atoms with E-state index < -0.39 is 22.0 Å². The van der Waals surface area contributed by atoms with Crippen LogP contribution in [0.15, 0.2) is 0 Å². The predicted octanol–water partition coefficient (Wildman–Crippen LogP) is 6.02. The van der Waals surface area contributed by atoms with E-state index in [1.807, 2.05) is 0 Å². The van der Waals surface area contributed by atoms with Crippen LogP contribution in [0.2, 0.25) is 39.3 Å². The number of hydrogen-bond donors (Lipinski definition) is 0. The molecule has 1 unspecified atom stereocenters. The van der Waals surface area contributed by atoms with Crippen molar-refractivity contribution in [1.29, 1.82) is 0 Å². The topological polar surface area (TPSA) is 71.1 Å². The van der Waals surface area contributed by atoms with Gasteiger partial charge in [0.2, 0.25) is 0 Å². The van der Waals surface area contributed by atoms with Crippen LogP contribution in [0.1, 0.15) is 58.8 Å². The molecule has 0 radical (unpaired) electrons. The minimum absolute atomic E-state index is 0.0945. The van der Waals surface area contributed by atoms with Crippen LogP contribution < -0.4 is 0 Å². The van der Waals surface area contributed by atoms with Crippen molar-refractivity contribution in [3.05, 3.63) is 0 Å². The van der Waals surface area contributed by atoms with Gasteiger partial charge >= 0.3 is 11.9 Å². The Hall–Kier alpha value is -0.706. The monoisotopic (exact) mass is 538 g/mol. The molecule has 36 heavy (non-hydrogen) atoms. The van der Waals surface area contributed by atoms with Crippen molar-refractivity contribution in [3.63, 3.8) is 0 Å². The van der Waals surface area contributed by atoms with Crippen LogP contribution >= 0.6 is 0 Å². The smallest absolute Gasteiger partial charge is 0.311 e. The van der Waals surface area contributed by atoms with Crippen molar-refractivity contribution in [2.75, 3.05) is 20.8 Å². The lowest BCUT2D eigenvalue weighted by atomic mass is 9.53. The third-order valence-electron chi connectivity index (χ3n) is 10.4. The molecule has 6 nitrogen and oxygen atoms in total. The van der Waals surface area contributed by atoms with Gasteiger partial charge in [0.1, 0.15) is 0 Å². The Balaban J connectivity index is 1.86. The highest BCUT2D eigenvalue weighted by molar-refractivity contribution is 6.70. The summed E-state index contributed by atoms with van der Waals surface area (Å²) in [4.78, 5) is 27.2. The molecule has 0 aromatic heterocycles. The maximum atomic E-state index is 13.8. The number of ether oxygens (including phenoxy) is 2. The molecule has 8 heteroatoms. The Morgan fingerprint density at radius 3 is 2.14 bits per heavy atom. The molecule has 0 heterocycles. The van der Waals surface area contributed by atoms with Crippen LogP contribution in [0.5, 0.6) is 0 Å². The number of carbonyl (C=O) groups is 2. The van der Waals surface area contributed by atoms with Crippen molar-refractivity contribution in [3.8, 4) is 0 Å². The lowest BCUT2D eigenvalue weighted by Crippen LogP contribution is -2.51. The average Bonchev–Trinajstić information content (AvgIpc) is 3.13. The minimum atomic E-state index is -1.88. The standard InChI is InChI=1S/C28H50O6Si2/c1-25-13-11-14-26(2,24(30)32-4)22(25)21(23(29)31-3)27-16-19(17-33-35(5,6)7)28(18-27,15-12-20(25)27)34-36(8,9)10/h19-22H,11-18H2,1-10H3/t19?,20-,21+,22-,25-,26+,27-,28-/m0/s1. The molecule has 4 aliphatic carbocycles. The molecule has 4 aliphatic rings. The van der Waals surface area contributed by atoms with Crippen molar-refractivity contribution in [1.82, 2.24) is 0 Å². The highest BCUT2D eigenvalue weighted by Crippen LogP contribution is 2.79. The molecular formula is C28H50O6Si2. The summed E-state index contributed by atoms with van der Waals surface area (Å²) in [6.45, 7) is 18.7. The Bertz CT molecular complexity index is 895. The van der Waals surface area contributed by atoms with E-state index in [4.69, 9.17) is 18.3 Å². The highest BCUT2D eigenvalue weighted by Gasteiger charge is 2.78. The number of rotatable bonds is 7. The van der Waals surface area contributed by atoms with Crippen molar-refractivity contribution < 1.29 is 27.9 Å². The predicted molar refractivity (Wildman–Crippen MR) is 145 cm³/mol. The largest absolute Gasteiger partial charge is 0.469 e. The van der Waals surface area contributed by atoms with Gasteiger partial charge in [0.25, 0.3) is 0 Å². The van der Waals surface area contributed by atoms with Crippen LogP contribution in [0.4, 0.5) is 0 Å². The Morgan fingerprint density at radius 2 is 1.58 bits per heavy atom. The van der Waals surface area contributed by atoms with Gasteiger partial charge in [-0.1, -0.05) is 13.3 Å². The first kappa shape index (κ1) is 28.3. The average molecular weight is 539 g/mol. The van der Waals surface area contributed by atoms with E-state index in [-0.39, 0.29) is 46.1 Å². The van der Waals surface area contributed by atoms with E-state index in [1.165, 1.54) is 14.2 Å². The maximum Gasteiger partial charge on any atom is 0.311 e. The summed E-state index contributed by atoms with van der Waals surface area (Å²) in [5.74, 6) is -0.142. The van der Waals surface area contributed by atoms with Crippen LogP contribution in [0.3, 0.4) is 0 Å². The minimum Gasteiger partial charge on any atom is -0.469 e. The Morgan fingerprint density at radius 1 is 0.917 bits per heavy atom. The van der Waals surface area contributed by atoms with Gasteiger partial charge in [0.15, 0.2) is 16.6 Å². The second-order valence-electron chi connectivity index (χ2n) is 14.9. The van der Waals surface area contributed by atoms with Crippen molar-refractivity contribution >= 4 is 28.6 Å². The molecule has 0 aromatic carbocycles. The van der Waals surface area contributed by atoms with E-state index in [1.54, 1.807) is 0 Å². The number of esters is 2. The molecule has 2 bridgehead atoms. The van der Waals surface area contributed by atoms with E-state index in [0.29, 0.717) is 12.5 Å². The second-order valence-corrected chi connectivity index (χ2v) is 23.8. The molecule has 1 spiro atoms. The summed E-state index contributed by atoms with van der Waals surface area (Å²) < 4.78 is 24.6. The van der Waals surface area contributed by atoms with Gasteiger partial charge in [-0.05, 0) is 107 Å². The number of fused-ring (bicyclic) bond motifs is 3. The fourth-order valence-electron chi connectivity index (χ4n) is 9.74. The third-order valence-corrected chi connectivity index (χ3v) is 12.5. The van der Waals surface area contributed by atoms with Gasteiger partial charge < -0.3 is 18.3 Å². The summed E-state index contributed by atoms with van der Waals surface area (Å²) in [7, 11) is -0.607. The van der Waals surface area contributed by atoms with E-state index >= 15 is 0 Å². The van der Waals surface area contributed by atoms with E-state index in [2.05, 4.69) is 53.1 Å². The molecule has 4 saturated carbocycles. The number of carbonyl (C=O) groups excluding carboxylic acids is 2. The zero-order valence-corrected chi connectivity index (χ0v) is 26.4. The molecule has 0 amide bonds. The van der Waals surface area contributed by atoms with Crippen molar-refractivity contribution in [2.45, 2.75) is 104 Å². The maximum absolute atomic E-state index is 13.8. The Kier molecular flexibility index (Phi) is 7.01. The first-order valence-electron chi connectivity index (χ1n) is 14.0. The highest BCUT2D eigenvalue weighted by atomic mass is 28.4. The van der Waals surface area contributed by atoms with Crippen LogP contribution in [-0.4, -0.2) is 55.0 Å². The van der Waals surface area contributed by atoms with Gasteiger partial charge in [-0.15, -0.1) is 0 Å². The lowest BCUT2D eigenvalue weighted by molar-refractivity contribution is -0.170. The van der Waals surface area contributed by atoms with Gasteiger partial charge in [-0.25, -0.2) is 0 Å². The molecule has 4 fully saturated rings. The zero-order valence-electron chi connectivity index (χ0n) is 24.4. The summed E-state index contributed by atoms with van der Waals surface area (Å²) in [5.41, 5.74) is -1.31. The quantitative estimate of drug-likeness (QED) is 0.291. The summed E-state index contributed by atoms with van der Waals surface area (Å²) >= 11 is 0. The Labute approximate surface area is 220 Å². The second kappa shape index (κ2) is 8.92. The first-order chi connectivity index (χ1) is 16.5. The third kappa shape index (κ3) is 4.26. The fourth-order valence-corrected chi connectivity index (χ4v) is 12.0. The molecule has 8 atom stereocenters. The molecule has 0 saturated heterocycles. The van der Waals surface area contributed by atoms with E-state index in [0.717, 1.165) is 44.9 Å².